The van der Waals surface area contributed by atoms with Crippen LogP contribution in [0.25, 0.3) is 0 Å². The number of methoxy groups -OCH3 is 1. The Morgan fingerprint density at radius 2 is 1.61 bits per heavy atom. The lowest BCUT2D eigenvalue weighted by Crippen LogP contribution is -2.49. The lowest BCUT2D eigenvalue weighted by atomic mass is 9.50. The van der Waals surface area contributed by atoms with E-state index in [1.165, 1.54) is 31.9 Å². The molecule has 0 radical (unpaired) electrons. The van der Waals surface area contributed by atoms with Crippen LogP contribution in [0.2, 0.25) is 0 Å². The van der Waals surface area contributed by atoms with Gasteiger partial charge in [0.1, 0.15) is 5.78 Å². The second-order valence-corrected chi connectivity index (χ2v) is 11.9. The fraction of sp³-hybridized carbons (Fsp3) is 0.857. The van der Waals surface area contributed by atoms with Gasteiger partial charge >= 0.3 is 5.97 Å². The van der Waals surface area contributed by atoms with Gasteiger partial charge in [0, 0.05) is 25.7 Å². The minimum Gasteiger partial charge on any atom is -0.469 e. The van der Waals surface area contributed by atoms with Crippen molar-refractivity contribution in [3.05, 3.63) is 11.1 Å². The number of rotatable bonds is 6. The van der Waals surface area contributed by atoms with Gasteiger partial charge in [-0.1, -0.05) is 25.0 Å². The molecule has 4 atom stereocenters. The summed E-state index contributed by atoms with van der Waals surface area (Å²) < 4.78 is 16.9. The summed E-state index contributed by atoms with van der Waals surface area (Å²) in [5.74, 6) is 1.43. The molecule has 5 nitrogen and oxygen atoms in total. The monoisotopic (exact) mass is 460 g/mol. The van der Waals surface area contributed by atoms with Crippen molar-refractivity contribution >= 4 is 11.8 Å². The number of Topliss-reactive ketones (excluding diaryl/α,β-unsaturated/α-hetero) is 1. The third kappa shape index (κ3) is 4.69. The molecule has 0 bridgehead atoms. The van der Waals surface area contributed by atoms with Crippen molar-refractivity contribution in [1.82, 2.24) is 0 Å². The highest BCUT2D eigenvalue weighted by Gasteiger charge is 2.57. The van der Waals surface area contributed by atoms with Gasteiger partial charge in [0.05, 0.1) is 20.3 Å². The lowest BCUT2D eigenvalue weighted by molar-refractivity contribution is -0.200. The lowest BCUT2D eigenvalue weighted by Gasteiger charge is -2.55. The average molecular weight is 461 g/mol. The summed E-state index contributed by atoms with van der Waals surface area (Å²) in [5, 5.41) is 0. The molecular formula is C28H44O5. The Morgan fingerprint density at radius 3 is 2.21 bits per heavy atom. The van der Waals surface area contributed by atoms with Crippen LogP contribution in [-0.4, -0.2) is 37.9 Å². The number of hydrogen-bond donors (Lipinski definition) is 0. The van der Waals surface area contributed by atoms with Gasteiger partial charge in [-0.05, 0) is 87.4 Å². The Hall–Kier alpha value is -1.20. The minimum atomic E-state index is -0.335. The molecule has 1 saturated heterocycles. The average Bonchev–Trinajstić information content (AvgIpc) is 3.38. The van der Waals surface area contributed by atoms with Gasteiger partial charge in [-0.15, -0.1) is 0 Å². The topological polar surface area (TPSA) is 61.8 Å². The molecule has 5 heteroatoms. The summed E-state index contributed by atoms with van der Waals surface area (Å²) in [5.41, 5.74) is 3.32. The fourth-order valence-electron chi connectivity index (χ4n) is 8.18. The molecule has 0 aromatic rings. The predicted molar refractivity (Wildman–Crippen MR) is 128 cm³/mol. The van der Waals surface area contributed by atoms with Crippen LogP contribution < -0.4 is 0 Å². The molecule has 3 aliphatic carbocycles. The summed E-state index contributed by atoms with van der Waals surface area (Å²) in [6.45, 7) is 10.3. The molecule has 1 spiro atoms. The Kier molecular flexibility index (Phi) is 7.13. The van der Waals surface area contributed by atoms with Gasteiger partial charge in [0.15, 0.2) is 5.79 Å². The summed E-state index contributed by atoms with van der Waals surface area (Å²) in [6.07, 6.45) is 10.8. The normalized spacial score (nSPS) is 36.5. The smallest absolute Gasteiger partial charge is 0.305 e. The molecule has 4 fully saturated rings. The Labute approximate surface area is 200 Å². The van der Waals surface area contributed by atoms with E-state index in [4.69, 9.17) is 14.2 Å². The van der Waals surface area contributed by atoms with Gasteiger partial charge < -0.3 is 19.0 Å². The number of allylic oxidation sites excluding steroid dienone is 2. The van der Waals surface area contributed by atoms with Crippen LogP contribution in [0.3, 0.4) is 0 Å². The molecule has 4 rings (SSSR count). The summed E-state index contributed by atoms with van der Waals surface area (Å²) >= 11 is 0. The number of carbonyl (C=O) groups excluding carboxylic acids is 2. The molecule has 4 unspecified atom stereocenters. The second kappa shape index (κ2) is 9.45. The zero-order chi connectivity index (χ0) is 23.9. The van der Waals surface area contributed by atoms with Crippen molar-refractivity contribution in [2.45, 2.75) is 104 Å². The highest BCUT2D eigenvalue weighted by Crippen LogP contribution is 2.64. The Morgan fingerprint density at radius 1 is 0.939 bits per heavy atom. The molecular weight excluding hydrogens is 416 g/mol. The highest BCUT2D eigenvalue weighted by molar-refractivity contribution is 5.75. The van der Waals surface area contributed by atoms with E-state index < -0.39 is 0 Å². The van der Waals surface area contributed by atoms with Crippen molar-refractivity contribution in [1.29, 1.82) is 0 Å². The SMILES string of the molecule is COC(=O)CC/C(C)=C1\CCC2C(CC(C)=O)C(C3(C)CCC4(CC3)OCCO4)CCC12C. The van der Waals surface area contributed by atoms with E-state index in [2.05, 4.69) is 20.8 Å². The standard InChI is InChI=1S/C28H44O5/c1-19(6-9-25(30)31-5)22-7-8-24-21(18-20(2)29)23(10-11-27(22,24)4)26(3)12-14-28(15-13-26)32-16-17-33-28/h21,23-24H,6-18H2,1-5H3/b22-19+. The zero-order valence-corrected chi connectivity index (χ0v) is 21.5. The second-order valence-electron chi connectivity index (χ2n) is 11.9. The van der Waals surface area contributed by atoms with Crippen LogP contribution in [0, 0.1) is 28.6 Å². The van der Waals surface area contributed by atoms with Crippen LogP contribution in [0.5, 0.6) is 0 Å². The molecule has 186 valence electrons. The Bertz CT molecular complexity index is 782. The van der Waals surface area contributed by atoms with E-state index in [9.17, 15) is 9.59 Å². The Balaban J connectivity index is 1.55. The van der Waals surface area contributed by atoms with Gasteiger partial charge in [0.25, 0.3) is 0 Å². The van der Waals surface area contributed by atoms with E-state index in [0.717, 1.165) is 51.7 Å². The largest absolute Gasteiger partial charge is 0.469 e. The van der Waals surface area contributed by atoms with E-state index in [1.807, 2.05) is 0 Å². The van der Waals surface area contributed by atoms with Crippen molar-refractivity contribution < 1.29 is 23.8 Å². The van der Waals surface area contributed by atoms with Crippen molar-refractivity contribution in [2.24, 2.45) is 28.6 Å². The van der Waals surface area contributed by atoms with Crippen molar-refractivity contribution in [3.8, 4) is 0 Å². The van der Waals surface area contributed by atoms with Crippen LogP contribution >= 0.6 is 0 Å². The molecule has 0 aromatic heterocycles. The molecule has 3 saturated carbocycles. The van der Waals surface area contributed by atoms with Crippen LogP contribution in [0.4, 0.5) is 0 Å². The highest BCUT2D eigenvalue weighted by atomic mass is 16.7. The van der Waals surface area contributed by atoms with Crippen molar-refractivity contribution in [3.63, 3.8) is 0 Å². The molecule has 0 amide bonds. The summed E-state index contributed by atoms with van der Waals surface area (Å²) in [7, 11) is 1.46. The number of hydrogen-bond acceptors (Lipinski definition) is 5. The molecule has 0 N–H and O–H groups in total. The first-order valence-corrected chi connectivity index (χ1v) is 13.2. The van der Waals surface area contributed by atoms with E-state index in [1.54, 1.807) is 12.5 Å². The minimum absolute atomic E-state index is 0.133. The predicted octanol–water partition coefficient (Wildman–Crippen LogP) is 6.00. The number of esters is 1. The maximum absolute atomic E-state index is 12.5. The van der Waals surface area contributed by atoms with Crippen molar-refractivity contribution in [2.75, 3.05) is 20.3 Å². The first-order chi connectivity index (χ1) is 15.6. The third-order valence-electron chi connectivity index (χ3n) is 10.1. The zero-order valence-electron chi connectivity index (χ0n) is 21.5. The molecule has 0 aromatic carbocycles. The number of carbonyl (C=O) groups is 2. The molecule has 33 heavy (non-hydrogen) atoms. The van der Waals surface area contributed by atoms with Crippen LogP contribution in [0.15, 0.2) is 11.1 Å². The molecule has 1 aliphatic heterocycles. The van der Waals surface area contributed by atoms with Gasteiger partial charge in [-0.3, -0.25) is 4.79 Å². The fourth-order valence-corrected chi connectivity index (χ4v) is 8.18. The summed E-state index contributed by atoms with van der Waals surface area (Å²) in [6, 6.07) is 0. The molecule has 4 aliphatic rings. The van der Waals surface area contributed by atoms with Crippen LogP contribution in [-0.2, 0) is 23.8 Å². The van der Waals surface area contributed by atoms with Crippen LogP contribution in [0.1, 0.15) is 98.3 Å². The van der Waals surface area contributed by atoms with E-state index in [0.29, 0.717) is 36.4 Å². The van der Waals surface area contributed by atoms with Gasteiger partial charge in [-0.2, -0.15) is 0 Å². The maximum Gasteiger partial charge on any atom is 0.305 e. The van der Waals surface area contributed by atoms with E-state index in [-0.39, 0.29) is 22.6 Å². The maximum atomic E-state index is 12.5. The third-order valence-corrected chi connectivity index (χ3v) is 10.1. The number of ketones is 1. The first-order valence-electron chi connectivity index (χ1n) is 13.2. The van der Waals surface area contributed by atoms with Gasteiger partial charge in [-0.25, -0.2) is 0 Å². The number of fused-ring (bicyclic) bond motifs is 1. The number of ether oxygens (including phenoxy) is 3. The van der Waals surface area contributed by atoms with Gasteiger partial charge in [0.2, 0.25) is 0 Å². The first kappa shape index (κ1) is 24.9. The summed E-state index contributed by atoms with van der Waals surface area (Å²) in [4.78, 5) is 24.2. The van der Waals surface area contributed by atoms with E-state index >= 15 is 0 Å². The quantitative estimate of drug-likeness (QED) is 0.359. The molecule has 1 heterocycles.